The van der Waals surface area contributed by atoms with Gasteiger partial charge in [0.2, 0.25) is 0 Å². The van der Waals surface area contributed by atoms with E-state index >= 15 is 0 Å². The summed E-state index contributed by atoms with van der Waals surface area (Å²) in [6.07, 6.45) is 0. The molecule has 0 spiro atoms. The molecule has 0 saturated heterocycles. The number of benzene rings is 3. The Balaban J connectivity index is 2.21. The van der Waals surface area contributed by atoms with Crippen LogP contribution in [-0.4, -0.2) is 21.2 Å². The Labute approximate surface area is 162 Å². The van der Waals surface area contributed by atoms with Crippen molar-refractivity contribution in [3.05, 3.63) is 102 Å². The van der Waals surface area contributed by atoms with E-state index in [9.17, 15) is 4.79 Å². The number of hydrogen-bond donors (Lipinski definition) is 0. The topological polar surface area (TPSA) is 26.3 Å². The molecule has 0 aliphatic rings. The molecule has 3 heteroatoms. The largest absolute Gasteiger partial charge is 0.469 e. The number of carbonyl (C=O) groups excluding carboxylic acids is 1. The van der Waals surface area contributed by atoms with Crippen molar-refractivity contribution in [2.24, 2.45) is 0 Å². The van der Waals surface area contributed by atoms with Crippen LogP contribution in [0.1, 0.15) is 22.6 Å². The van der Waals surface area contributed by atoms with Crippen LogP contribution in [0, 0.1) is 0 Å². The lowest BCUT2D eigenvalue weighted by Crippen LogP contribution is -2.51. The minimum atomic E-state index is -2.08. The second-order valence-electron chi connectivity index (χ2n) is 7.39. The molecule has 27 heavy (non-hydrogen) atoms. The van der Waals surface area contributed by atoms with Crippen LogP contribution in [-0.2, 0) is 9.53 Å². The van der Waals surface area contributed by atoms with E-state index in [-0.39, 0.29) is 17.4 Å². The molecule has 0 heterocycles. The number of esters is 1. The molecule has 0 bridgehead atoms. The predicted octanol–water partition coefficient (Wildman–Crippen LogP) is 4.88. The maximum absolute atomic E-state index is 13.0. The van der Waals surface area contributed by atoms with Crippen molar-refractivity contribution < 1.29 is 9.53 Å². The maximum Gasteiger partial charge on any atom is 0.313 e. The molecule has 0 amide bonds. The predicted molar refractivity (Wildman–Crippen MR) is 114 cm³/mol. The van der Waals surface area contributed by atoms with E-state index < -0.39 is 8.07 Å². The minimum Gasteiger partial charge on any atom is -0.469 e. The van der Waals surface area contributed by atoms with E-state index in [0.29, 0.717) is 0 Å². The normalized spacial score (nSPS) is 13.6. The number of methoxy groups -OCH3 is 1. The molecule has 0 radical (unpaired) electrons. The van der Waals surface area contributed by atoms with Crippen molar-refractivity contribution in [1.29, 1.82) is 0 Å². The van der Waals surface area contributed by atoms with Crippen molar-refractivity contribution in [2.75, 3.05) is 7.11 Å². The molecule has 0 saturated carbocycles. The molecular formula is C24H26O2Si. The van der Waals surface area contributed by atoms with Gasteiger partial charge in [-0.3, -0.25) is 4.79 Å². The van der Waals surface area contributed by atoms with Gasteiger partial charge in [-0.05, 0) is 11.1 Å². The van der Waals surface area contributed by atoms with Crippen molar-refractivity contribution >= 4 is 19.2 Å². The summed E-state index contributed by atoms with van der Waals surface area (Å²) in [5, 5.41) is 1.34. The van der Waals surface area contributed by atoms with Crippen LogP contribution in [0.3, 0.4) is 0 Å². The third-order valence-electron chi connectivity index (χ3n) is 5.40. The van der Waals surface area contributed by atoms with Crippen molar-refractivity contribution in [1.82, 2.24) is 0 Å². The van der Waals surface area contributed by atoms with E-state index in [0.717, 1.165) is 5.56 Å². The first-order chi connectivity index (χ1) is 13.1. The molecule has 0 N–H and O–H groups in total. The Morgan fingerprint density at radius 2 is 1.19 bits per heavy atom. The SMILES string of the molecule is COC(=O)C(c1ccccc1)C(c1ccccc1)[Si](C)(C)c1ccccc1. The van der Waals surface area contributed by atoms with Crippen molar-refractivity contribution in [3.8, 4) is 0 Å². The smallest absolute Gasteiger partial charge is 0.313 e. The van der Waals surface area contributed by atoms with E-state index in [1.165, 1.54) is 17.9 Å². The third-order valence-corrected chi connectivity index (χ3v) is 9.44. The summed E-state index contributed by atoms with van der Waals surface area (Å²) < 4.78 is 5.28. The van der Waals surface area contributed by atoms with Gasteiger partial charge in [0, 0.05) is 5.54 Å². The van der Waals surface area contributed by atoms with E-state index in [1.54, 1.807) is 0 Å². The molecule has 2 nitrogen and oxygen atoms in total. The average Bonchev–Trinajstić information content (AvgIpc) is 2.73. The van der Waals surface area contributed by atoms with Crippen LogP contribution in [0.25, 0.3) is 0 Å². The Kier molecular flexibility index (Phi) is 5.92. The number of rotatable bonds is 6. The fourth-order valence-electron chi connectivity index (χ4n) is 3.99. The van der Waals surface area contributed by atoms with Gasteiger partial charge >= 0.3 is 5.97 Å². The molecule has 0 aliphatic carbocycles. The quantitative estimate of drug-likeness (QED) is 0.454. The second kappa shape index (κ2) is 8.36. The fourth-order valence-corrected chi connectivity index (χ4v) is 7.58. The first-order valence-electron chi connectivity index (χ1n) is 9.29. The number of carbonyl (C=O) groups is 1. The molecule has 3 aromatic carbocycles. The maximum atomic E-state index is 13.0. The Hall–Kier alpha value is -2.65. The van der Waals surface area contributed by atoms with Gasteiger partial charge in [-0.15, -0.1) is 0 Å². The lowest BCUT2D eigenvalue weighted by molar-refractivity contribution is -0.142. The molecule has 2 unspecified atom stereocenters. The van der Waals surface area contributed by atoms with Crippen LogP contribution in [0.5, 0.6) is 0 Å². The highest BCUT2D eigenvalue weighted by Crippen LogP contribution is 2.40. The second-order valence-corrected chi connectivity index (χ2v) is 12.0. The Morgan fingerprint density at radius 3 is 1.67 bits per heavy atom. The first-order valence-corrected chi connectivity index (χ1v) is 12.4. The van der Waals surface area contributed by atoms with E-state index in [1.807, 2.05) is 42.5 Å². The third kappa shape index (κ3) is 4.04. The van der Waals surface area contributed by atoms with Crippen molar-refractivity contribution in [2.45, 2.75) is 24.6 Å². The first kappa shape index (κ1) is 19.1. The highest BCUT2D eigenvalue weighted by atomic mass is 28.3. The molecule has 138 valence electrons. The van der Waals surface area contributed by atoms with Gasteiger partial charge in [0.1, 0.15) is 0 Å². The summed E-state index contributed by atoms with van der Waals surface area (Å²) in [7, 11) is -0.592. The number of ether oxygens (including phenoxy) is 1. The molecule has 2 atom stereocenters. The highest BCUT2D eigenvalue weighted by molar-refractivity contribution is 6.91. The average molecular weight is 375 g/mol. The molecular weight excluding hydrogens is 348 g/mol. The minimum absolute atomic E-state index is 0.0657. The summed E-state index contributed by atoms with van der Waals surface area (Å²) in [4.78, 5) is 13.0. The van der Waals surface area contributed by atoms with Crippen LogP contribution >= 0.6 is 0 Å². The molecule has 0 aromatic heterocycles. The Morgan fingerprint density at radius 1 is 0.741 bits per heavy atom. The zero-order chi connectivity index (χ0) is 19.3. The monoisotopic (exact) mass is 374 g/mol. The number of hydrogen-bond acceptors (Lipinski definition) is 2. The van der Waals surface area contributed by atoms with Crippen LogP contribution in [0.2, 0.25) is 13.1 Å². The molecule has 3 aromatic rings. The van der Waals surface area contributed by atoms with Gasteiger partial charge in [0.05, 0.1) is 21.1 Å². The zero-order valence-electron chi connectivity index (χ0n) is 16.1. The lowest BCUT2D eigenvalue weighted by Gasteiger charge is -2.38. The van der Waals surface area contributed by atoms with Gasteiger partial charge in [-0.25, -0.2) is 0 Å². The summed E-state index contributed by atoms with van der Waals surface area (Å²) in [5.74, 6) is -0.507. The zero-order valence-corrected chi connectivity index (χ0v) is 17.1. The molecule has 0 fully saturated rings. The van der Waals surface area contributed by atoms with E-state index in [4.69, 9.17) is 4.74 Å². The van der Waals surface area contributed by atoms with Gasteiger partial charge in [0.25, 0.3) is 0 Å². The van der Waals surface area contributed by atoms with Crippen LogP contribution < -0.4 is 5.19 Å². The lowest BCUT2D eigenvalue weighted by atomic mass is 9.91. The summed E-state index contributed by atoms with van der Waals surface area (Å²) in [6.45, 7) is 4.69. The standard InChI is InChI=1S/C24H26O2Si/c1-26-24(25)22(19-13-7-4-8-14-19)23(20-15-9-5-10-16-20)27(2,3)21-17-11-6-12-18-21/h4-18,22-23H,1-3H3. The highest BCUT2D eigenvalue weighted by Gasteiger charge is 2.44. The van der Waals surface area contributed by atoms with Crippen LogP contribution in [0.4, 0.5) is 0 Å². The summed E-state index contributed by atoms with van der Waals surface area (Å²) in [5.41, 5.74) is 2.27. The fraction of sp³-hybridized carbons (Fsp3) is 0.208. The van der Waals surface area contributed by atoms with Crippen molar-refractivity contribution in [3.63, 3.8) is 0 Å². The molecule has 0 aliphatic heterocycles. The van der Waals surface area contributed by atoms with E-state index in [2.05, 4.69) is 61.6 Å². The van der Waals surface area contributed by atoms with Gasteiger partial charge in [0.15, 0.2) is 0 Å². The van der Waals surface area contributed by atoms with Crippen LogP contribution in [0.15, 0.2) is 91.0 Å². The van der Waals surface area contributed by atoms with Gasteiger partial charge < -0.3 is 4.74 Å². The molecule has 3 rings (SSSR count). The summed E-state index contributed by atoms with van der Waals surface area (Å²) >= 11 is 0. The van der Waals surface area contributed by atoms with Gasteiger partial charge in [-0.1, -0.05) is 109 Å². The summed E-state index contributed by atoms with van der Waals surface area (Å²) in [6, 6.07) is 31.0. The Bertz CT molecular complexity index is 861. The van der Waals surface area contributed by atoms with Gasteiger partial charge in [-0.2, -0.15) is 0 Å².